The van der Waals surface area contributed by atoms with E-state index in [9.17, 15) is 27.9 Å². The number of nitrogens with one attached hydrogen (secondary N) is 1. The number of aromatic carboxylic acids is 1. The zero-order chi connectivity index (χ0) is 23.6. The highest BCUT2D eigenvalue weighted by Crippen LogP contribution is 2.19. The molecule has 0 radical (unpaired) electrons. The van der Waals surface area contributed by atoms with Crippen LogP contribution < -0.4 is 16.0 Å². The van der Waals surface area contributed by atoms with Crippen molar-refractivity contribution in [3.63, 3.8) is 0 Å². The van der Waals surface area contributed by atoms with Crippen molar-refractivity contribution < 1.29 is 27.9 Å². The maximum absolute atomic E-state index is 12.7. The van der Waals surface area contributed by atoms with Crippen LogP contribution in [0, 0.1) is 0 Å². The molecular weight excluding hydrogens is 452 g/mol. The van der Waals surface area contributed by atoms with Gasteiger partial charge in [-0.1, -0.05) is 18.2 Å². The number of carboxylic acids is 1. The maximum Gasteiger partial charge on any atom is 0.275 e. The van der Waals surface area contributed by atoms with E-state index in [2.05, 4.69) is 10.4 Å². The van der Waals surface area contributed by atoms with Crippen molar-refractivity contribution in [1.82, 2.24) is 14.1 Å². The minimum Gasteiger partial charge on any atom is -0.543 e. The number of anilines is 1. The van der Waals surface area contributed by atoms with E-state index in [1.54, 1.807) is 12.1 Å². The summed E-state index contributed by atoms with van der Waals surface area (Å²) in [5, 5.41) is 18.0. The predicted octanol–water partition coefficient (Wildman–Crippen LogP) is -0.580. The Bertz CT molecular complexity index is 1380. The van der Waals surface area contributed by atoms with Crippen LogP contribution in [0.15, 0.2) is 58.2 Å². The summed E-state index contributed by atoms with van der Waals surface area (Å²) >= 11 is 0. The SMILES string of the molecule is O=C(Cn1nc(C(=O)[O-])c2ccccc2c1=O)Nc1ccc(S(=O)(=O)N2CCOCC2)cc1. The van der Waals surface area contributed by atoms with Crippen LogP contribution in [0.2, 0.25) is 0 Å². The molecule has 0 saturated carbocycles. The van der Waals surface area contributed by atoms with E-state index >= 15 is 0 Å². The van der Waals surface area contributed by atoms with Crippen LogP contribution in [0.3, 0.4) is 0 Å². The first-order valence-electron chi connectivity index (χ1n) is 9.96. The number of morpholine rings is 1. The summed E-state index contributed by atoms with van der Waals surface area (Å²) in [5.41, 5.74) is -0.775. The first kappa shape index (κ1) is 22.6. The standard InChI is InChI=1S/C21H20N4O7S/c26-18(13-25-20(27)17-4-2-1-3-16(17)19(23-25)21(28)29)22-14-5-7-15(8-6-14)33(30,31)24-9-11-32-12-10-24/h1-8H,9-13H2,(H,22,26)(H,28,29)/p-1. The van der Waals surface area contributed by atoms with Crippen molar-refractivity contribution in [3.05, 3.63) is 64.6 Å². The molecule has 3 aromatic rings. The van der Waals surface area contributed by atoms with Gasteiger partial charge >= 0.3 is 0 Å². The lowest BCUT2D eigenvalue weighted by Crippen LogP contribution is -2.40. The number of rotatable bonds is 6. The summed E-state index contributed by atoms with van der Waals surface area (Å²) < 4.78 is 32.6. The van der Waals surface area contributed by atoms with Crippen LogP contribution in [0.5, 0.6) is 0 Å². The van der Waals surface area contributed by atoms with Crippen molar-refractivity contribution in [3.8, 4) is 0 Å². The van der Waals surface area contributed by atoms with E-state index in [1.807, 2.05) is 0 Å². The number of amides is 1. The highest BCUT2D eigenvalue weighted by molar-refractivity contribution is 7.89. The Balaban J connectivity index is 1.52. The molecule has 1 aliphatic heterocycles. The second-order valence-electron chi connectivity index (χ2n) is 7.23. The molecule has 4 rings (SSSR count). The van der Waals surface area contributed by atoms with Gasteiger partial charge in [-0.25, -0.2) is 13.1 Å². The number of carboxylic acid groups (broad SMARTS) is 1. The fraction of sp³-hybridized carbons (Fsp3) is 0.238. The number of nitrogens with zero attached hydrogens (tertiary/aromatic N) is 3. The number of aromatic nitrogens is 2. The topological polar surface area (TPSA) is 151 Å². The van der Waals surface area contributed by atoms with Crippen molar-refractivity contribution in [2.45, 2.75) is 11.4 Å². The summed E-state index contributed by atoms with van der Waals surface area (Å²) in [7, 11) is -3.67. The summed E-state index contributed by atoms with van der Waals surface area (Å²) in [6, 6.07) is 11.6. The molecule has 33 heavy (non-hydrogen) atoms. The maximum atomic E-state index is 12.7. The molecule has 0 spiro atoms. The van der Waals surface area contributed by atoms with E-state index in [0.29, 0.717) is 18.9 Å². The van der Waals surface area contributed by atoms with Crippen LogP contribution in [0.25, 0.3) is 10.8 Å². The van der Waals surface area contributed by atoms with E-state index in [1.165, 1.54) is 40.7 Å². The van der Waals surface area contributed by atoms with Gasteiger partial charge in [0, 0.05) is 24.2 Å². The zero-order valence-electron chi connectivity index (χ0n) is 17.3. The summed E-state index contributed by atoms with van der Waals surface area (Å²) in [4.78, 5) is 36.6. The molecule has 1 amide bonds. The van der Waals surface area contributed by atoms with Crippen molar-refractivity contribution in [1.29, 1.82) is 0 Å². The average Bonchev–Trinajstić information content (AvgIpc) is 2.81. The number of carbonyl (C=O) groups excluding carboxylic acids is 2. The molecule has 12 heteroatoms. The average molecular weight is 471 g/mol. The highest BCUT2D eigenvalue weighted by Gasteiger charge is 2.26. The predicted molar refractivity (Wildman–Crippen MR) is 115 cm³/mol. The van der Waals surface area contributed by atoms with Crippen LogP contribution in [0.4, 0.5) is 5.69 Å². The number of hydrogen-bond donors (Lipinski definition) is 1. The molecule has 0 unspecified atom stereocenters. The number of carbonyl (C=O) groups is 2. The fourth-order valence-electron chi connectivity index (χ4n) is 3.48. The van der Waals surface area contributed by atoms with Gasteiger partial charge in [0.25, 0.3) is 5.56 Å². The van der Waals surface area contributed by atoms with Crippen LogP contribution in [-0.2, 0) is 26.1 Å². The van der Waals surface area contributed by atoms with Gasteiger partial charge in [-0.3, -0.25) is 9.59 Å². The van der Waals surface area contributed by atoms with Gasteiger partial charge in [0.05, 0.1) is 29.5 Å². The van der Waals surface area contributed by atoms with Gasteiger partial charge in [0.2, 0.25) is 15.9 Å². The zero-order valence-corrected chi connectivity index (χ0v) is 18.1. The van der Waals surface area contributed by atoms with Gasteiger partial charge in [0.15, 0.2) is 0 Å². The number of ether oxygens (including phenoxy) is 1. The molecule has 1 aromatic heterocycles. The third kappa shape index (κ3) is 4.62. The molecule has 1 fully saturated rings. The van der Waals surface area contributed by atoms with Gasteiger partial charge in [0.1, 0.15) is 12.2 Å². The second-order valence-corrected chi connectivity index (χ2v) is 9.17. The minimum absolute atomic E-state index is 0.0772. The second kappa shape index (κ2) is 9.10. The highest BCUT2D eigenvalue weighted by atomic mass is 32.2. The molecular formula is C21H19N4O7S-. The molecule has 1 saturated heterocycles. The van der Waals surface area contributed by atoms with E-state index in [4.69, 9.17) is 4.74 Å². The molecule has 1 aliphatic rings. The van der Waals surface area contributed by atoms with E-state index < -0.39 is 39.7 Å². The molecule has 172 valence electrons. The molecule has 11 nitrogen and oxygen atoms in total. The number of sulfonamides is 1. The molecule has 0 aliphatic carbocycles. The van der Waals surface area contributed by atoms with Crippen molar-refractivity contribution >= 4 is 38.4 Å². The van der Waals surface area contributed by atoms with E-state index in [-0.39, 0.29) is 28.8 Å². The van der Waals surface area contributed by atoms with Gasteiger partial charge in [-0.05, 0) is 30.3 Å². The normalized spacial score (nSPS) is 14.8. The Morgan fingerprint density at radius 2 is 1.67 bits per heavy atom. The number of fused-ring (bicyclic) bond motifs is 1. The van der Waals surface area contributed by atoms with Crippen LogP contribution in [0.1, 0.15) is 10.5 Å². The lowest BCUT2D eigenvalue weighted by atomic mass is 10.1. The molecule has 1 N–H and O–H groups in total. The van der Waals surface area contributed by atoms with Crippen molar-refractivity contribution in [2.75, 3.05) is 31.6 Å². The quantitative estimate of drug-likeness (QED) is 0.502. The summed E-state index contributed by atoms with van der Waals surface area (Å²) in [5.74, 6) is -2.22. The Labute approximate surface area is 188 Å². The molecule has 0 bridgehead atoms. The Morgan fingerprint density at radius 3 is 2.30 bits per heavy atom. The Morgan fingerprint density at radius 1 is 1.03 bits per heavy atom. The van der Waals surface area contributed by atoms with Gasteiger partial charge in [-0.2, -0.15) is 9.40 Å². The molecule has 2 heterocycles. The minimum atomic E-state index is -3.67. The van der Waals surface area contributed by atoms with Crippen LogP contribution in [-0.4, -0.2) is 60.7 Å². The molecule has 0 atom stereocenters. The van der Waals surface area contributed by atoms with Gasteiger partial charge in [-0.15, -0.1) is 0 Å². The monoisotopic (exact) mass is 471 g/mol. The number of hydrogen-bond acceptors (Lipinski definition) is 8. The largest absolute Gasteiger partial charge is 0.543 e. The third-order valence-corrected chi connectivity index (χ3v) is 7.01. The Hall–Kier alpha value is -3.61. The first-order valence-corrected chi connectivity index (χ1v) is 11.4. The summed E-state index contributed by atoms with van der Waals surface area (Å²) in [6.45, 7) is 0.645. The third-order valence-electron chi connectivity index (χ3n) is 5.10. The smallest absolute Gasteiger partial charge is 0.275 e. The lowest BCUT2D eigenvalue weighted by Gasteiger charge is -2.26. The fourth-order valence-corrected chi connectivity index (χ4v) is 4.88. The van der Waals surface area contributed by atoms with Crippen LogP contribution >= 0.6 is 0 Å². The Kier molecular flexibility index (Phi) is 6.22. The first-order chi connectivity index (χ1) is 15.8. The van der Waals surface area contributed by atoms with Gasteiger partial charge < -0.3 is 20.0 Å². The molecule has 2 aromatic carbocycles. The number of benzene rings is 2. The summed E-state index contributed by atoms with van der Waals surface area (Å²) in [6.07, 6.45) is 0. The lowest BCUT2D eigenvalue weighted by molar-refractivity contribution is -0.255. The van der Waals surface area contributed by atoms with E-state index in [0.717, 1.165) is 4.68 Å². The van der Waals surface area contributed by atoms with Crippen molar-refractivity contribution in [2.24, 2.45) is 0 Å².